The number of piperidine rings is 1. The predicted molar refractivity (Wildman–Crippen MR) is 119 cm³/mol. The molecular formula is C23H33F3N4O6. The van der Waals surface area contributed by atoms with Crippen LogP contribution in [0.1, 0.15) is 47.5 Å². The molecule has 36 heavy (non-hydrogen) atoms. The lowest BCUT2D eigenvalue weighted by Gasteiger charge is -2.38. The Morgan fingerprint density at radius 2 is 1.78 bits per heavy atom. The van der Waals surface area contributed by atoms with Crippen LogP contribution in [0.5, 0.6) is 0 Å². The Bertz CT molecular complexity index is 960. The maximum atomic E-state index is 13.5. The number of hydrogen-bond donors (Lipinski definition) is 4. The first-order valence-corrected chi connectivity index (χ1v) is 11.9. The number of aliphatic carboxylic acids is 1. The lowest BCUT2D eigenvalue weighted by Crippen LogP contribution is -2.61. The third kappa shape index (κ3) is 5.29. The molecule has 2 aliphatic heterocycles. The second-order valence-electron chi connectivity index (χ2n) is 11.6. The summed E-state index contributed by atoms with van der Waals surface area (Å²) in [6, 6.07) is -4.07. The summed E-state index contributed by atoms with van der Waals surface area (Å²) >= 11 is 0. The summed E-state index contributed by atoms with van der Waals surface area (Å²) in [4.78, 5) is 63.4. The fourth-order valence-electron chi connectivity index (χ4n) is 5.47. The minimum Gasteiger partial charge on any atom is -0.480 e. The van der Waals surface area contributed by atoms with E-state index in [2.05, 4.69) is 10.6 Å². The fourth-order valence-corrected chi connectivity index (χ4v) is 5.47. The number of halogens is 3. The highest BCUT2D eigenvalue weighted by atomic mass is 19.4. The summed E-state index contributed by atoms with van der Waals surface area (Å²) in [5.74, 6) is -6.51. The maximum Gasteiger partial charge on any atom is 0.471 e. The number of carbonyl (C=O) groups excluding carboxylic acids is 4. The van der Waals surface area contributed by atoms with Gasteiger partial charge in [-0.15, -0.1) is 0 Å². The third-order valence-corrected chi connectivity index (χ3v) is 7.70. The van der Waals surface area contributed by atoms with Gasteiger partial charge in [0.2, 0.25) is 17.7 Å². The smallest absolute Gasteiger partial charge is 0.471 e. The Hall–Kier alpha value is -2.86. The van der Waals surface area contributed by atoms with Crippen LogP contribution in [-0.4, -0.2) is 77.0 Å². The van der Waals surface area contributed by atoms with Crippen molar-refractivity contribution in [2.75, 3.05) is 13.1 Å². The lowest BCUT2D eigenvalue weighted by molar-refractivity contribution is -0.176. The van der Waals surface area contributed by atoms with E-state index in [-0.39, 0.29) is 36.1 Å². The van der Waals surface area contributed by atoms with Crippen LogP contribution in [-0.2, 0) is 24.0 Å². The summed E-state index contributed by atoms with van der Waals surface area (Å²) < 4.78 is 38.8. The number of carboxylic acid groups (broad SMARTS) is 1. The van der Waals surface area contributed by atoms with E-state index in [0.29, 0.717) is 13.0 Å². The van der Waals surface area contributed by atoms with Gasteiger partial charge >= 0.3 is 18.1 Å². The molecule has 0 spiro atoms. The molecule has 3 fully saturated rings. The van der Waals surface area contributed by atoms with Crippen molar-refractivity contribution in [1.82, 2.24) is 20.9 Å². The van der Waals surface area contributed by atoms with Gasteiger partial charge in [0.05, 0.1) is 0 Å². The zero-order valence-corrected chi connectivity index (χ0v) is 20.9. The number of alkyl halides is 3. The zero-order valence-electron chi connectivity index (χ0n) is 20.9. The highest BCUT2D eigenvalue weighted by Gasteiger charge is 2.70. The summed E-state index contributed by atoms with van der Waals surface area (Å²) in [7, 11) is 0. The van der Waals surface area contributed by atoms with Crippen molar-refractivity contribution < 1.29 is 42.3 Å². The van der Waals surface area contributed by atoms with Crippen molar-refractivity contribution in [2.45, 2.75) is 71.8 Å². The first-order valence-electron chi connectivity index (χ1n) is 11.9. The van der Waals surface area contributed by atoms with Crippen molar-refractivity contribution in [3.63, 3.8) is 0 Å². The van der Waals surface area contributed by atoms with Gasteiger partial charge in [0.15, 0.2) is 0 Å². The van der Waals surface area contributed by atoms with E-state index in [0.717, 1.165) is 4.90 Å². The van der Waals surface area contributed by atoms with E-state index in [9.17, 15) is 42.3 Å². The van der Waals surface area contributed by atoms with Gasteiger partial charge in [0.25, 0.3) is 0 Å². The number of nitrogens with one attached hydrogen (secondary N) is 3. The molecule has 2 saturated heterocycles. The SMILES string of the molecule is CC(C)(C)[C@H](NC(=O)C(F)(F)F)C(=O)N1C[C@H]2[C@@H]([C@H]1C(=O)N[C@@H](C[C@@H]1CCNC1=O)C(=O)O)C2(C)C. The van der Waals surface area contributed by atoms with Gasteiger partial charge in [0, 0.05) is 19.0 Å². The van der Waals surface area contributed by atoms with Crippen molar-refractivity contribution in [2.24, 2.45) is 28.6 Å². The van der Waals surface area contributed by atoms with Gasteiger partial charge in [-0.3, -0.25) is 19.2 Å². The summed E-state index contributed by atoms with van der Waals surface area (Å²) in [6.07, 6.45) is -4.90. The highest BCUT2D eigenvalue weighted by molar-refractivity contribution is 5.96. The van der Waals surface area contributed by atoms with E-state index in [1.165, 1.54) is 20.8 Å². The number of fused-ring (bicyclic) bond motifs is 1. The third-order valence-electron chi connectivity index (χ3n) is 7.70. The molecule has 3 aliphatic rings. The minimum atomic E-state index is -5.20. The fraction of sp³-hybridized carbons (Fsp3) is 0.783. The number of likely N-dealkylation sites (tertiary alicyclic amines) is 1. The normalized spacial score (nSPS) is 28.6. The van der Waals surface area contributed by atoms with Crippen LogP contribution in [0.15, 0.2) is 0 Å². The Labute approximate surface area is 206 Å². The van der Waals surface area contributed by atoms with Crippen LogP contribution in [0.2, 0.25) is 0 Å². The van der Waals surface area contributed by atoms with E-state index in [1.807, 2.05) is 13.8 Å². The van der Waals surface area contributed by atoms with Gasteiger partial charge in [-0.25, -0.2) is 4.79 Å². The first kappa shape index (κ1) is 27.7. The molecule has 6 atom stereocenters. The van der Waals surface area contributed by atoms with E-state index >= 15 is 0 Å². The van der Waals surface area contributed by atoms with Gasteiger partial charge in [-0.1, -0.05) is 34.6 Å². The van der Waals surface area contributed by atoms with E-state index < -0.39 is 59.3 Å². The Morgan fingerprint density at radius 1 is 1.17 bits per heavy atom. The van der Waals surface area contributed by atoms with Crippen molar-refractivity contribution in [3.8, 4) is 0 Å². The van der Waals surface area contributed by atoms with Crippen LogP contribution >= 0.6 is 0 Å². The molecule has 4 amide bonds. The van der Waals surface area contributed by atoms with Crippen LogP contribution in [0.4, 0.5) is 13.2 Å². The molecular weight excluding hydrogens is 485 g/mol. The average molecular weight is 519 g/mol. The minimum absolute atomic E-state index is 0.0891. The molecule has 1 saturated carbocycles. The van der Waals surface area contributed by atoms with Gasteiger partial charge in [-0.05, 0) is 35.5 Å². The second kappa shape index (κ2) is 9.22. The van der Waals surface area contributed by atoms with Gasteiger partial charge in [0.1, 0.15) is 18.1 Å². The number of amides is 4. The monoisotopic (exact) mass is 518 g/mol. The number of carbonyl (C=O) groups is 5. The Morgan fingerprint density at radius 3 is 2.25 bits per heavy atom. The topological polar surface area (TPSA) is 145 Å². The maximum absolute atomic E-state index is 13.5. The molecule has 0 unspecified atom stereocenters. The number of hydrogen-bond acceptors (Lipinski definition) is 5. The van der Waals surface area contributed by atoms with Crippen LogP contribution in [0, 0.1) is 28.6 Å². The highest BCUT2D eigenvalue weighted by Crippen LogP contribution is 2.65. The van der Waals surface area contributed by atoms with Crippen molar-refractivity contribution in [3.05, 3.63) is 0 Å². The predicted octanol–water partition coefficient (Wildman–Crippen LogP) is 0.658. The van der Waals surface area contributed by atoms with E-state index in [4.69, 9.17) is 0 Å². The van der Waals surface area contributed by atoms with E-state index in [1.54, 1.807) is 5.32 Å². The van der Waals surface area contributed by atoms with Crippen LogP contribution in [0.3, 0.4) is 0 Å². The summed E-state index contributed by atoms with van der Waals surface area (Å²) in [5, 5.41) is 16.5. The molecule has 0 aromatic rings. The number of rotatable bonds is 7. The summed E-state index contributed by atoms with van der Waals surface area (Å²) in [5.41, 5.74) is -1.45. The Kier molecular flexibility index (Phi) is 7.10. The molecule has 0 radical (unpaired) electrons. The molecule has 4 N–H and O–H groups in total. The van der Waals surface area contributed by atoms with Gasteiger partial charge < -0.3 is 26.0 Å². The van der Waals surface area contributed by atoms with Crippen molar-refractivity contribution >= 4 is 29.6 Å². The van der Waals surface area contributed by atoms with Crippen LogP contribution in [0.25, 0.3) is 0 Å². The first-order chi connectivity index (χ1) is 16.4. The molecule has 0 aromatic carbocycles. The largest absolute Gasteiger partial charge is 0.480 e. The molecule has 13 heteroatoms. The average Bonchev–Trinajstić information content (AvgIpc) is 3.09. The molecule has 202 valence electrons. The van der Waals surface area contributed by atoms with Gasteiger partial charge in [-0.2, -0.15) is 13.2 Å². The number of carboxylic acids is 1. The quantitative estimate of drug-likeness (QED) is 0.390. The number of nitrogens with zero attached hydrogens (tertiary/aromatic N) is 1. The molecule has 2 heterocycles. The molecule has 3 rings (SSSR count). The second-order valence-corrected chi connectivity index (χ2v) is 11.6. The molecule has 10 nitrogen and oxygen atoms in total. The lowest BCUT2D eigenvalue weighted by atomic mass is 9.85. The molecule has 0 bridgehead atoms. The Balaban J connectivity index is 1.83. The zero-order chi connectivity index (χ0) is 27.4. The molecule has 0 aromatic heterocycles. The standard InChI is InChI=1S/C23H33F3N4O6/c1-21(2,3)15(29-20(36)23(24,25)26)18(33)30-9-11-13(22(11,4)5)14(30)17(32)28-12(19(34)35)8-10-6-7-27-16(10)31/h10-15H,6-9H2,1-5H3,(H,27,31)(H,28,32)(H,29,36)(H,34,35)/t10-,11-,12-,13-,14-,15+/m0/s1. The molecule has 1 aliphatic carbocycles. The van der Waals surface area contributed by atoms with Crippen LogP contribution < -0.4 is 16.0 Å². The summed E-state index contributed by atoms with van der Waals surface area (Å²) in [6.45, 7) is 8.78. The van der Waals surface area contributed by atoms with Crippen molar-refractivity contribution in [1.29, 1.82) is 0 Å².